The van der Waals surface area contributed by atoms with Crippen LogP contribution in [0.3, 0.4) is 0 Å². The van der Waals surface area contributed by atoms with E-state index in [9.17, 15) is 4.79 Å². The molecule has 1 aliphatic carbocycles. The van der Waals surface area contributed by atoms with Gasteiger partial charge in [-0.1, -0.05) is 12.2 Å². The van der Waals surface area contributed by atoms with Crippen LogP contribution in [0.5, 0.6) is 11.5 Å². The Labute approximate surface area is 138 Å². The number of nitrogens with one attached hydrogen (secondary N) is 1. The summed E-state index contributed by atoms with van der Waals surface area (Å²) in [7, 11) is 0. The summed E-state index contributed by atoms with van der Waals surface area (Å²) < 4.78 is 10.7. The third kappa shape index (κ3) is 2.94. The molecule has 0 saturated heterocycles. The molecule has 2 aromatic rings. The normalized spacial score (nSPS) is 18.9. The molecule has 0 radical (unpaired) electrons. The SMILES string of the molecule is O=C(NC1C=CCCC1)c1cnc(-c2ccc3c(c2)OCO3)s1. The highest BCUT2D eigenvalue weighted by molar-refractivity contribution is 7.16. The number of amides is 1. The van der Waals surface area contributed by atoms with Crippen LogP contribution in [0.25, 0.3) is 10.6 Å². The van der Waals surface area contributed by atoms with Gasteiger partial charge in [0.2, 0.25) is 6.79 Å². The van der Waals surface area contributed by atoms with Gasteiger partial charge in [-0.05, 0) is 37.5 Å². The van der Waals surface area contributed by atoms with Crippen molar-refractivity contribution < 1.29 is 14.3 Å². The highest BCUT2D eigenvalue weighted by Crippen LogP contribution is 2.36. The molecule has 118 valence electrons. The molecular formula is C17H16N2O3S. The van der Waals surface area contributed by atoms with Crippen molar-refractivity contribution >= 4 is 17.2 Å². The van der Waals surface area contributed by atoms with Crippen molar-refractivity contribution in [2.45, 2.75) is 25.3 Å². The molecule has 6 heteroatoms. The van der Waals surface area contributed by atoms with E-state index < -0.39 is 0 Å². The number of ether oxygens (including phenoxy) is 2. The maximum absolute atomic E-state index is 12.3. The smallest absolute Gasteiger partial charge is 0.263 e. The Morgan fingerprint density at radius 2 is 2.22 bits per heavy atom. The standard InChI is InChI=1S/C17H16N2O3S/c20-16(19-12-4-2-1-3-5-12)15-9-18-17(23-15)11-6-7-13-14(8-11)22-10-21-13/h2,4,6-9,12H,1,3,5,10H2,(H,19,20). The second-order valence-corrected chi connectivity index (χ2v) is 6.57. The average Bonchev–Trinajstić information content (AvgIpc) is 3.24. The van der Waals surface area contributed by atoms with Crippen LogP contribution in [0, 0.1) is 0 Å². The van der Waals surface area contributed by atoms with Crippen molar-refractivity contribution in [1.82, 2.24) is 10.3 Å². The molecule has 1 amide bonds. The van der Waals surface area contributed by atoms with Gasteiger partial charge < -0.3 is 14.8 Å². The number of thiazole rings is 1. The van der Waals surface area contributed by atoms with Crippen molar-refractivity contribution in [3.63, 3.8) is 0 Å². The third-order valence-electron chi connectivity index (χ3n) is 3.92. The summed E-state index contributed by atoms with van der Waals surface area (Å²) in [6, 6.07) is 5.82. The predicted molar refractivity (Wildman–Crippen MR) is 87.9 cm³/mol. The first kappa shape index (κ1) is 14.3. The summed E-state index contributed by atoms with van der Waals surface area (Å²) in [5, 5.41) is 3.84. The lowest BCUT2D eigenvalue weighted by atomic mass is 10.0. The van der Waals surface area contributed by atoms with Gasteiger partial charge in [0, 0.05) is 11.6 Å². The molecule has 2 aliphatic rings. The summed E-state index contributed by atoms with van der Waals surface area (Å²) >= 11 is 1.38. The third-order valence-corrected chi connectivity index (χ3v) is 4.96. The summed E-state index contributed by atoms with van der Waals surface area (Å²) in [6.07, 6.45) is 9.04. The van der Waals surface area contributed by atoms with E-state index in [0.29, 0.717) is 4.88 Å². The highest BCUT2D eigenvalue weighted by atomic mass is 32.1. The largest absolute Gasteiger partial charge is 0.454 e. The number of fused-ring (bicyclic) bond motifs is 1. The van der Waals surface area contributed by atoms with E-state index in [-0.39, 0.29) is 18.7 Å². The van der Waals surface area contributed by atoms with Gasteiger partial charge in [0.15, 0.2) is 11.5 Å². The molecule has 4 rings (SSSR count). The molecule has 1 aliphatic heterocycles. The minimum Gasteiger partial charge on any atom is -0.454 e. The summed E-state index contributed by atoms with van der Waals surface area (Å²) in [6.45, 7) is 0.249. The van der Waals surface area contributed by atoms with Crippen LogP contribution in [-0.2, 0) is 0 Å². The lowest BCUT2D eigenvalue weighted by molar-refractivity contribution is 0.0946. The van der Waals surface area contributed by atoms with Crippen molar-refractivity contribution in [3.8, 4) is 22.1 Å². The lowest BCUT2D eigenvalue weighted by Crippen LogP contribution is -2.33. The highest BCUT2D eigenvalue weighted by Gasteiger charge is 2.18. The molecule has 1 aromatic heterocycles. The summed E-state index contributed by atoms with van der Waals surface area (Å²) in [5.41, 5.74) is 0.927. The Hall–Kier alpha value is -2.34. The van der Waals surface area contributed by atoms with E-state index >= 15 is 0 Å². The maximum Gasteiger partial charge on any atom is 0.263 e. The monoisotopic (exact) mass is 328 g/mol. The Balaban J connectivity index is 1.51. The topological polar surface area (TPSA) is 60.5 Å². The number of hydrogen-bond donors (Lipinski definition) is 1. The van der Waals surface area contributed by atoms with Crippen LogP contribution in [0.2, 0.25) is 0 Å². The number of allylic oxidation sites excluding steroid dienone is 1. The Kier molecular flexibility index (Phi) is 3.75. The van der Waals surface area contributed by atoms with Gasteiger partial charge in [0.25, 0.3) is 5.91 Å². The predicted octanol–water partition coefficient (Wildman–Crippen LogP) is 3.38. The summed E-state index contributed by atoms with van der Waals surface area (Å²) in [5.74, 6) is 1.40. The van der Waals surface area contributed by atoms with Crippen LogP contribution in [0.1, 0.15) is 28.9 Å². The van der Waals surface area contributed by atoms with Gasteiger partial charge in [-0.3, -0.25) is 4.79 Å². The van der Waals surface area contributed by atoms with E-state index in [1.54, 1.807) is 6.20 Å². The van der Waals surface area contributed by atoms with Crippen LogP contribution in [-0.4, -0.2) is 23.7 Å². The molecule has 1 aromatic carbocycles. The second-order valence-electron chi connectivity index (χ2n) is 5.54. The Morgan fingerprint density at radius 3 is 3.09 bits per heavy atom. The van der Waals surface area contributed by atoms with Gasteiger partial charge in [0.05, 0.1) is 6.20 Å². The molecule has 0 bridgehead atoms. The quantitative estimate of drug-likeness (QED) is 0.878. The molecule has 0 fully saturated rings. The van der Waals surface area contributed by atoms with E-state index in [2.05, 4.69) is 22.5 Å². The number of aromatic nitrogens is 1. The number of nitrogens with zero attached hydrogens (tertiary/aromatic N) is 1. The van der Waals surface area contributed by atoms with Crippen LogP contribution >= 0.6 is 11.3 Å². The minimum absolute atomic E-state index is 0.0638. The number of rotatable bonds is 3. The van der Waals surface area contributed by atoms with Gasteiger partial charge in [0.1, 0.15) is 9.88 Å². The van der Waals surface area contributed by atoms with Gasteiger partial charge in [-0.25, -0.2) is 4.98 Å². The van der Waals surface area contributed by atoms with Crippen LogP contribution in [0.4, 0.5) is 0 Å². The molecule has 0 spiro atoms. The molecule has 1 atom stereocenters. The maximum atomic E-state index is 12.3. The fraction of sp³-hybridized carbons (Fsp3) is 0.294. The first-order valence-electron chi connectivity index (χ1n) is 7.63. The number of carbonyl (C=O) groups is 1. The van der Waals surface area contributed by atoms with Crippen LogP contribution < -0.4 is 14.8 Å². The number of carbonyl (C=O) groups excluding carboxylic acids is 1. The fourth-order valence-corrected chi connectivity index (χ4v) is 3.53. The van der Waals surface area contributed by atoms with E-state index in [0.717, 1.165) is 41.3 Å². The molecular weight excluding hydrogens is 312 g/mol. The zero-order valence-corrected chi connectivity index (χ0v) is 13.3. The Morgan fingerprint density at radius 1 is 1.30 bits per heavy atom. The molecule has 5 nitrogen and oxygen atoms in total. The van der Waals surface area contributed by atoms with Crippen molar-refractivity contribution in [1.29, 1.82) is 0 Å². The minimum atomic E-state index is -0.0638. The Bertz CT molecular complexity index is 769. The first-order valence-corrected chi connectivity index (χ1v) is 8.44. The molecule has 0 saturated carbocycles. The van der Waals surface area contributed by atoms with Crippen molar-refractivity contribution in [3.05, 3.63) is 41.4 Å². The van der Waals surface area contributed by atoms with Crippen molar-refractivity contribution in [2.75, 3.05) is 6.79 Å². The van der Waals surface area contributed by atoms with Gasteiger partial charge in [-0.15, -0.1) is 11.3 Å². The molecule has 1 unspecified atom stereocenters. The first-order chi connectivity index (χ1) is 11.3. The van der Waals surface area contributed by atoms with Gasteiger partial charge >= 0.3 is 0 Å². The van der Waals surface area contributed by atoms with Crippen LogP contribution in [0.15, 0.2) is 36.5 Å². The van der Waals surface area contributed by atoms with E-state index in [1.165, 1.54) is 11.3 Å². The second kappa shape index (κ2) is 6.04. The zero-order valence-electron chi connectivity index (χ0n) is 12.5. The summed E-state index contributed by atoms with van der Waals surface area (Å²) in [4.78, 5) is 17.3. The molecule has 23 heavy (non-hydrogen) atoms. The zero-order chi connectivity index (χ0) is 15.6. The lowest BCUT2D eigenvalue weighted by Gasteiger charge is -2.17. The average molecular weight is 328 g/mol. The number of hydrogen-bond acceptors (Lipinski definition) is 5. The molecule has 2 heterocycles. The van der Waals surface area contributed by atoms with E-state index in [1.807, 2.05) is 18.2 Å². The van der Waals surface area contributed by atoms with Crippen molar-refractivity contribution in [2.24, 2.45) is 0 Å². The van der Waals surface area contributed by atoms with Gasteiger partial charge in [-0.2, -0.15) is 0 Å². The fourth-order valence-electron chi connectivity index (χ4n) is 2.71. The van der Waals surface area contributed by atoms with E-state index in [4.69, 9.17) is 9.47 Å². The number of benzene rings is 1. The molecule has 1 N–H and O–H groups in total.